The van der Waals surface area contributed by atoms with Crippen molar-refractivity contribution in [3.8, 4) is 0 Å². The summed E-state index contributed by atoms with van der Waals surface area (Å²) in [7, 11) is 0. The molecule has 2 rings (SSSR count). The highest BCUT2D eigenvalue weighted by atomic mass is 19.4. The number of anilines is 3. The smallest absolute Gasteiger partial charge is 0.399 e. The number of nitrogen functional groups attached to an aromatic ring is 1. The van der Waals surface area contributed by atoms with Gasteiger partial charge in [0.25, 0.3) is 0 Å². The Balaban J connectivity index is 2.28. The van der Waals surface area contributed by atoms with Crippen LogP contribution < -0.4 is 11.1 Å². The average molecular weight is 266 g/mol. The zero-order chi connectivity index (χ0) is 14.0. The van der Waals surface area contributed by atoms with Crippen LogP contribution in [-0.2, 0) is 6.18 Å². The van der Waals surface area contributed by atoms with E-state index in [9.17, 15) is 13.2 Å². The molecule has 0 amide bonds. The summed E-state index contributed by atoms with van der Waals surface area (Å²) < 4.78 is 37.8. The minimum atomic E-state index is -4.34. The van der Waals surface area contributed by atoms with Crippen LogP contribution in [0.1, 0.15) is 11.1 Å². The van der Waals surface area contributed by atoms with Gasteiger partial charge < -0.3 is 11.1 Å². The molecule has 19 heavy (non-hydrogen) atoms. The van der Waals surface area contributed by atoms with E-state index in [4.69, 9.17) is 5.73 Å². The van der Waals surface area contributed by atoms with Crippen LogP contribution in [-0.4, -0.2) is 0 Å². The van der Waals surface area contributed by atoms with Crippen molar-refractivity contribution in [2.24, 2.45) is 0 Å². The summed E-state index contributed by atoms with van der Waals surface area (Å²) >= 11 is 0. The van der Waals surface area contributed by atoms with Gasteiger partial charge in [-0.1, -0.05) is 6.07 Å². The molecule has 2 aromatic carbocycles. The van der Waals surface area contributed by atoms with Crippen molar-refractivity contribution in [2.75, 3.05) is 11.1 Å². The van der Waals surface area contributed by atoms with Crippen LogP contribution in [0.2, 0.25) is 0 Å². The molecule has 2 aromatic rings. The van der Waals surface area contributed by atoms with Crippen molar-refractivity contribution < 1.29 is 13.2 Å². The maximum absolute atomic E-state index is 12.6. The average Bonchev–Trinajstić information content (AvgIpc) is 2.26. The van der Waals surface area contributed by atoms with E-state index in [1.165, 1.54) is 6.07 Å². The van der Waals surface area contributed by atoms with Crippen LogP contribution in [0.3, 0.4) is 0 Å². The second-order valence-corrected chi connectivity index (χ2v) is 4.34. The molecule has 5 heteroatoms. The number of nitrogens with two attached hydrogens (primary N) is 1. The highest BCUT2D eigenvalue weighted by molar-refractivity contribution is 5.65. The molecule has 0 spiro atoms. The largest absolute Gasteiger partial charge is 0.416 e. The molecule has 0 unspecified atom stereocenters. The number of hydrogen-bond donors (Lipinski definition) is 2. The fourth-order valence-electron chi connectivity index (χ4n) is 1.82. The first-order valence-electron chi connectivity index (χ1n) is 5.66. The Morgan fingerprint density at radius 2 is 1.74 bits per heavy atom. The Morgan fingerprint density at radius 3 is 2.37 bits per heavy atom. The van der Waals surface area contributed by atoms with Crippen molar-refractivity contribution in [2.45, 2.75) is 13.1 Å². The number of benzene rings is 2. The zero-order valence-electron chi connectivity index (χ0n) is 10.3. The Kier molecular flexibility index (Phi) is 3.38. The lowest BCUT2D eigenvalue weighted by molar-refractivity contribution is -0.137. The zero-order valence-corrected chi connectivity index (χ0v) is 10.3. The van der Waals surface area contributed by atoms with E-state index in [0.29, 0.717) is 17.1 Å². The highest BCUT2D eigenvalue weighted by Crippen LogP contribution is 2.31. The molecular weight excluding hydrogens is 253 g/mol. The SMILES string of the molecule is Cc1cc(N)cc(Nc2cccc(C(F)(F)F)c2)c1. The minimum Gasteiger partial charge on any atom is -0.399 e. The van der Waals surface area contributed by atoms with E-state index in [1.54, 1.807) is 18.2 Å². The van der Waals surface area contributed by atoms with Gasteiger partial charge in [0.15, 0.2) is 0 Å². The molecule has 2 nitrogen and oxygen atoms in total. The van der Waals surface area contributed by atoms with Crippen molar-refractivity contribution in [3.63, 3.8) is 0 Å². The maximum atomic E-state index is 12.6. The standard InChI is InChI=1S/C14H13F3N2/c1-9-5-11(18)8-13(6-9)19-12-4-2-3-10(7-12)14(15,16)17/h2-8,19H,18H2,1H3. The van der Waals surface area contributed by atoms with Gasteiger partial charge in [-0.05, 0) is 48.9 Å². The Morgan fingerprint density at radius 1 is 1.00 bits per heavy atom. The first-order chi connectivity index (χ1) is 8.84. The summed E-state index contributed by atoms with van der Waals surface area (Å²) in [4.78, 5) is 0. The van der Waals surface area contributed by atoms with Crippen LogP contribution in [0.4, 0.5) is 30.2 Å². The lowest BCUT2D eigenvalue weighted by Gasteiger charge is -2.11. The van der Waals surface area contributed by atoms with Crippen molar-refractivity contribution in [3.05, 3.63) is 53.6 Å². The molecule has 0 aliphatic heterocycles. The van der Waals surface area contributed by atoms with Crippen molar-refractivity contribution in [1.82, 2.24) is 0 Å². The van der Waals surface area contributed by atoms with Crippen LogP contribution >= 0.6 is 0 Å². The molecule has 3 N–H and O–H groups in total. The quantitative estimate of drug-likeness (QED) is 0.793. The van der Waals surface area contributed by atoms with Gasteiger partial charge in [-0.25, -0.2) is 0 Å². The first kappa shape index (κ1) is 13.3. The molecule has 0 saturated heterocycles. The fraction of sp³-hybridized carbons (Fsp3) is 0.143. The van der Waals surface area contributed by atoms with Gasteiger partial charge in [-0.15, -0.1) is 0 Å². The molecule has 0 radical (unpaired) electrons. The van der Waals surface area contributed by atoms with Crippen LogP contribution in [0.5, 0.6) is 0 Å². The predicted molar refractivity (Wildman–Crippen MR) is 70.3 cm³/mol. The van der Waals surface area contributed by atoms with E-state index in [0.717, 1.165) is 17.7 Å². The number of nitrogens with one attached hydrogen (secondary N) is 1. The normalized spacial score (nSPS) is 11.4. The van der Waals surface area contributed by atoms with Gasteiger partial charge in [0.1, 0.15) is 0 Å². The molecule has 0 saturated carbocycles. The Hall–Kier alpha value is -2.17. The van der Waals surface area contributed by atoms with E-state index in [2.05, 4.69) is 5.32 Å². The van der Waals surface area contributed by atoms with Crippen LogP contribution in [0.15, 0.2) is 42.5 Å². The summed E-state index contributed by atoms with van der Waals surface area (Å²) in [5.41, 5.74) is 7.55. The van der Waals surface area contributed by atoms with Gasteiger partial charge in [-0.2, -0.15) is 13.2 Å². The molecule has 0 fully saturated rings. The topological polar surface area (TPSA) is 38.0 Å². The number of alkyl halides is 3. The summed E-state index contributed by atoms with van der Waals surface area (Å²) in [6, 6.07) is 10.3. The molecule has 0 heterocycles. The monoisotopic (exact) mass is 266 g/mol. The number of halogens is 3. The molecule has 0 bridgehead atoms. The minimum absolute atomic E-state index is 0.375. The van der Waals surface area contributed by atoms with E-state index < -0.39 is 11.7 Å². The third-order valence-electron chi connectivity index (χ3n) is 2.58. The van der Waals surface area contributed by atoms with E-state index in [-0.39, 0.29) is 0 Å². The molecule has 0 aliphatic carbocycles. The third-order valence-corrected chi connectivity index (χ3v) is 2.58. The van der Waals surface area contributed by atoms with Gasteiger partial charge in [0, 0.05) is 17.1 Å². The van der Waals surface area contributed by atoms with Gasteiger partial charge in [-0.3, -0.25) is 0 Å². The first-order valence-corrected chi connectivity index (χ1v) is 5.66. The number of aryl methyl sites for hydroxylation is 1. The van der Waals surface area contributed by atoms with Gasteiger partial charge in [0.05, 0.1) is 5.56 Å². The van der Waals surface area contributed by atoms with E-state index in [1.807, 2.05) is 13.0 Å². The lowest BCUT2D eigenvalue weighted by Crippen LogP contribution is -2.05. The van der Waals surface area contributed by atoms with Crippen LogP contribution in [0, 0.1) is 6.92 Å². The lowest BCUT2D eigenvalue weighted by atomic mass is 10.1. The molecule has 0 aromatic heterocycles. The summed E-state index contributed by atoms with van der Waals surface area (Å²) in [6.07, 6.45) is -4.34. The number of hydrogen-bond acceptors (Lipinski definition) is 2. The van der Waals surface area contributed by atoms with E-state index >= 15 is 0 Å². The summed E-state index contributed by atoms with van der Waals surface area (Å²) in [5, 5.41) is 2.92. The maximum Gasteiger partial charge on any atom is 0.416 e. The third kappa shape index (κ3) is 3.40. The van der Waals surface area contributed by atoms with Gasteiger partial charge in [0.2, 0.25) is 0 Å². The van der Waals surface area contributed by atoms with Gasteiger partial charge >= 0.3 is 6.18 Å². The number of rotatable bonds is 2. The molecule has 0 aliphatic rings. The Labute approximate surface area is 109 Å². The summed E-state index contributed by atoms with van der Waals surface area (Å²) in [6.45, 7) is 1.87. The second kappa shape index (κ2) is 4.84. The Bertz CT molecular complexity index is 571. The molecular formula is C14H13F3N2. The predicted octanol–water partition coefficient (Wildman–Crippen LogP) is 4.34. The summed E-state index contributed by atoms with van der Waals surface area (Å²) in [5.74, 6) is 0. The van der Waals surface area contributed by atoms with Crippen molar-refractivity contribution in [1.29, 1.82) is 0 Å². The highest BCUT2D eigenvalue weighted by Gasteiger charge is 2.30. The molecule has 0 atom stereocenters. The molecule has 100 valence electrons. The fourth-order valence-corrected chi connectivity index (χ4v) is 1.82. The van der Waals surface area contributed by atoms with Crippen LogP contribution in [0.25, 0.3) is 0 Å². The van der Waals surface area contributed by atoms with Crippen molar-refractivity contribution >= 4 is 17.1 Å². The second-order valence-electron chi connectivity index (χ2n) is 4.34.